The molecule has 1 rings (SSSR count). The summed E-state index contributed by atoms with van der Waals surface area (Å²) in [4.78, 5) is 0. The van der Waals surface area contributed by atoms with E-state index in [2.05, 4.69) is 5.32 Å². The highest BCUT2D eigenvalue weighted by molar-refractivity contribution is 4.79. The van der Waals surface area contributed by atoms with Gasteiger partial charge in [-0.3, -0.25) is 0 Å². The van der Waals surface area contributed by atoms with Gasteiger partial charge in [-0.25, -0.2) is 0 Å². The fourth-order valence-corrected chi connectivity index (χ4v) is 1.32. The third-order valence-corrected chi connectivity index (χ3v) is 1.98. The molecule has 1 fully saturated rings. The van der Waals surface area contributed by atoms with Crippen molar-refractivity contribution in [2.45, 2.75) is 38.3 Å². The molecule has 9 heavy (non-hydrogen) atoms. The van der Waals surface area contributed by atoms with E-state index in [0.29, 0.717) is 6.04 Å². The highest BCUT2D eigenvalue weighted by atomic mass is 16.3. The summed E-state index contributed by atoms with van der Waals surface area (Å²) in [5.74, 6) is 0. The van der Waals surface area contributed by atoms with Crippen LogP contribution in [0.1, 0.15) is 26.2 Å². The molecule has 0 saturated carbocycles. The first-order chi connectivity index (χ1) is 4.34. The van der Waals surface area contributed by atoms with Crippen molar-refractivity contribution in [1.82, 2.24) is 5.32 Å². The Morgan fingerprint density at radius 3 is 3.00 bits per heavy atom. The second-order valence-electron chi connectivity index (χ2n) is 2.68. The molecule has 0 aromatic carbocycles. The average Bonchev–Trinajstić information content (AvgIpc) is 2.37. The molecule has 0 aromatic rings. The van der Waals surface area contributed by atoms with Gasteiger partial charge in [-0.1, -0.05) is 6.92 Å². The number of nitrogens with one attached hydrogen (secondary N) is 1. The molecule has 0 amide bonds. The highest BCUT2D eigenvalue weighted by Crippen LogP contribution is 2.10. The van der Waals surface area contributed by atoms with Gasteiger partial charge in [0.2, 0.25) is 0 Å². The Kier molecular flexibility index (Phi) is 2.49. The van der Waals surface area contributed by atoms with Crippen molar-refractivity contribution in [1.29, 1.82) is 0 Å². The molecule has 1 aliphatic heterocycles. The molecule has 2 atom stereocenters. The van der Waals surface area contributed by atoms with Gasteiger partial charge in [0.05, 0.1) is 6.10 Å². The summed E-state index contributed by atoms with van der Waals surface area (Å²) < 4.78 is 0. The van der Waals surface area contributed by atoms with Crippen LogP contribution in [0.2, 0.25) is 0 Å². The molecular formula is C7H15NO. The van der Waals surface area contributed by atoms with Crippen molar-refractivity contribution in [3.63, 3.8) is 0 Å². The predicted octanol–water partition coefficient (Wildman–Crippen LogP) is 0.509. The molecule has 0 spiro atoms. The Morgan fingerprint density at radius 2 is 2.56 bits per heavy atom. The predicted molar refractivity (Wildman–Crippen MR) is 37.3 cm³/mol. The minimum Gasteiger partial charge on any atom is -0.392 e. The van der Waals surface area contributed by atoms with Crippen LogP contribution in [-0.2, 0) is 0 Å². The molecule has 1 saturated heterocycles. The topological polar surface area (TPSA) is 32.3 Å². The second kappa shape index (κ2) is 3.18. The molecule has 1 aliphatic rings. The molecule has 0 bridgehead atoms. The van der Waals surface area contributed by atoms with Gasteiger partial charge in [-0.2, -0.15) is 0 Å². The first kappa shape index (κ1) is 7.03. The molecule has 2 N–H and O–H groups in total. The second-order valence-corrected chi connectivity index (χ2v) is 2.68. The molecule has 2 nitrogen and oxygen atoms in total. The molecule has 0 aliphatic carbocycles. The van der Waals surface area contributed by atoms with E-state index in [1.807, 2.05) is 6.92 Å². The summed E-state index contributed by atoms with van der Waals surface area (Å²) in [5.41, 5.74) is 0. The van der Waals surface area contributed by atoms with Crippen molar-refractivity contribution < 1.29 is 5.11 Å². The van der Waals surface area contributed by atoms with Crippen LogP contribution >= 0.6 is 0 Å². The molecule has 0 radical (unpaired) electrons. The van der Waals surface area contributed by atoms with Crippen LogP contribution < -0.4 is 5.32 Å². The van der Waals surface area contributed by atoms with Crippen molar-refractivity contribution >= 4 is 0 Å². The van der Waals surface area contributed by atoms with Gasteiger partial charge >= 0.3 is 0 Å². The van der Waals surface area contributed by atoms with Crippen LogP contribution in [0.3, 0.4) is 0 Å². The average molecular weight is 129 g/mol. The van der Waals surface area contributed by atoms with E-state index < -0.39 is 0 Å². The van der Waals surface area contributed by atoms with Crippen LogP contribution in [0.15, 0.2) is 0 Å². The lowest BCUT2D eigenvalue weighted by Crippen LogP contribution is -2.33. The third-order valence-electron chi connectivity index (χ3n) is 1.98. The third kappa shape index (κ3) is 1.66. The van der Waals surface area contributed by atoms with Crippen molar-refractivity contribution in [2.24, 2.45) is 0 Å². The van der Waals surface area contributed by atoms with E-state index >= 15 is 0 Å². The van der Waals surface area contributed by atoms with E-state index in [9.17, 15) is 5.11 Å². The van der Waals surface area contributed by atoms with Crippen LogP contribution in [0.5, 0.6) is 0 Å². The van der Waals surface area contributed by atoms with E-state index in [4.69, 9.17) is 0 Å². The summed E-state index contributed by atoms with van der Waals surface area (Å²) >= 11 is 0. The maximum atomic E-state index is 9.30. The summed E-state index contributed by atoms with van der Waals surface area (Å²) in [5, 5.41) is 12.6. The van der Waals surface area contributed by atoms with Gasteiger partial charge in [-0.15, -0.1) is 0 Å². The Hall–Kier alpha value is -0.0800. The quantitative estimate of drug-likeness (QED) is 0.569. The lowest BCUT2D eigenvalue weighted by molar-refractivity contribution is 0.132. The van der Waals surface area contributed by atoms with E-state index in [1.165, 1.54) is 6.42 Å². The van der Waals surface area contributed by atoms with Gasteiger partial charge in [0.1, 0.15) is 0 Å². The zero-order chi connectivity index (χ0) is 6.69. The fraction of sp³-hybridized carbons (Fsp3) is 1.00. The SMILES string of the molecule is CC[C@@H](O)[C@@H]1CCCN1. The van der Waals surface area contributed by atoms with Crippen LogP contribution in [0, 0.1) is 0 Å². The first-order valence-corrected chi connectivity index (χ1v) is 3.76. The van der Waals surface area contributed by atoms with Gasteiger partial charge in [0.15, 0.2) is 0 Å². The summed E-state index contributed by atoms with van der Waals surface area (Å²) in [6.07, 6.45) is 3.13. The largest absolute Gasteiger partial charge is 0.392 e. The normalized spacial score (nSPS) is 30.7. The van der Waals surface area contributed by atoms with Gasteiger partial charge in [0, 0.05) is 6.04 Å². The van der Waals surface area contributed by atoms with Crippen molar-refractivity contribution in [3.8, 4) is 0 Å². The fourth-order valence-electron chi connectivity index (χ4n) is 1.32. The van der Waals surface area contributed by atoms with Gasteiger partial charge in [-0.05, 0) is 25.8 Å². The number of aliphatic hydroxyl groups is 1. The van der Waals surface area contributed by atoms with E-state index in [0.717, 1.165) is 19.4 Å². The van der Waals surface area contributed by atoms with E-state index in [-0.39, 0.29) is 6.10 Å². The lowest BCUT2D eigenvalue weighted by Gasteiger charge is -2.15. The maximum absolute atomic E-state index is 9.30. The van der Waals surface area contributed by atoms with E-state index in [1.54, 1.807) is 0 Å². The molecule has 2 heteroatoms. The summed E-state index contributed by atoms with van der Waals surface area (Å²) in [6, 6.07) is 0.384. The smallest absolute Gasteiger partial charge is 0.0690 e. The van der Waals surface area contributed by atoms with Crippen LogP contribution in [0.4, 0.5) is 0 Å². The lowest BCUT2D eigenvalue weighted by atomic mass is 10.1. The number of hydrogen-bond donors (Lipinski definition) is 2. The molecule has 0 unspecified atom stereocenters. The highest BCUT2D eigenvalue weighted by Gasteiger charge is 2.20. The first-order valence-electron chi connectivity index (χ1n) is 3.76. The van der Waals surface area contributed by atoms with Gasteiger partial charge in [0.25, 0.3) is 0 Å². The van der Waals surface area contributed by atoms with Crippen LogP contribution in [-0.4, -0.2) is 23.8 Å². The zero-order valence-corrected chi connectivity index (χ0v) is 5.93. The summed E-state index contributed by atoms with van der Waals surface area (Å²) in [7, 11) is 0. The van der Waals surface area contributed by atoms with Gasteiger partial charge < -0.3 is 10.4 Å². The minimum atomic E-state index is -0.118. The summed E-state index contributed by atoms with van der Waals surface area (Å²) in [6.45, 7) is 3.10. The molecular weight excluding hydrogens is 114 g/mol. The Balaban J connectivity index is 2.24. The number of aliphatic hydroxyl groups excluding tert-OH is 1. The molecule has 54 valence electrons. The van der Waals surface area contributed by atoms with Crippen LogP contribution in [0.25, 0.3) is 0 Å². The Labute approximate surface area is 56.3 Å². The van der Waals surface area contributed by atoms with Crippen molar-refractivity contribution in [2.75, 3.05) is 6.54 Å². The number of hydrogen-bond acceptors (Lipinski definition) is 2. The monoisotopic (exact) mass is 129 g/mol. The minimum absolute atomic E-state index is 0.118. The number of rotatable bonds is 2. The Bertz CT molecular complexity index is 79.0. The molecule has 1 heterocycles. The zero-order valence-electron chi connectivity index (χ0n) is 5.93. The standard InChI is InChI=1S/C7H15NO/c1-2-7(9)6-4-3-5-8-6/h6-9H,2-5H2,1H3/t6-,7+/m0/s1. The molecule has 0 aromatic heterocycles. The maximum Gasteiger partial charge on any atom is 0.0690 e. The van der Waals surface area contributed by atoms with Crippen molar-refractivity contribution in [3.05, 3.63) is 0 Å². The Morgan fingerprint density at radius 1 is 1.78 bits per heavy atom.